The Morgan fingerprint density at radius 1 is 0.944 bits per heavy atom. The molecule has 1 aliphatic rings. The summed E-state index contributed by atoms with van der Waals surface area (Å²) in [7, 11) is 0. The number of para-hydroxylation sites is 1. The van der Waals surface area contributed by atoms with E-state index in [1.807, 2.05) is 55.5 Å². The summed E-state index contributed by atoms with van der Waals surface area (Å²) in [5.41, 5.74) is 3.84. The summed E-state index contributed by atoms with van der Waals surface area (Å²) >= 11 is 0. The summed E-state index contributed by atoms with van der Waals surface area (Å²) in [6.07, 6.45) is 0. The molecular weight excluding hydrogens is 223 g/mol. The molecular formula is C14H13BN2O. The lowest BCUT2D eigenvalue weighted by molar-refractivity contribution is 0.0979. The minimum atomic E-state index is -0.159. The maximum atomic E-state index is 12.0. The first-order chi connectivity index (χ1) is 8.75. The first-order valence-electron chi connectivity index (χ1n) is 5.97. The van der Waals surface area contributed by atoms with Crippen molar-refractivity contribution in [1.82, 2.24) is 5.23 Å². The van der Waals surface area contributed by atoms with Crippen LogP contribution in [0.4, 0.5) is 5.69 Å². The van der Waals surface area contributed by atoms with Crippen LogP contribution in [-0.4, -0.2) is 12.9 Å². The summed E-state index contributed by atoms with van der Waals surface area (Å²) in [6, 6.07) is 15.6. The zero-order chi connectivity index (χ0) is 12.5. The van der Waals surface area contributed by atoms with Gasteiger partial charge < -0.3 is 10.5 Å². The fraction of sp³-hybridized carbons (Fsp3) is 0.0714. The quantitative estimate of drug-likeness (QED) is 0.737. The molecule has 0 unspecified atom stereocenters. The number of hydrogen-bond acceptors (Lipinski definition) is 2. The molecule has 0 saturated heterocycles. The normalized spacial score (nSPS) is 13.6. The van der Waals surface area contributed by atoms with Crippen LogP contribution in [0.1, 0.15) is 15.9 Å². The van der Waals surface area contributed by atoms with Crippen LogP contribution < -0.4 is 15.9 Å². The van der Waals surface area contributed by atoms with Crippen molar-refractivity contribution in [2.75, 3.05) is 5.23 Å². The van der Waals surface area contributed by atoms with Gasteiger partial charge in [0.1, 0.15) is 0 Å². The number of hydrogen-bond donors (Lipinski definition) is 2. The molecule has 2 aromatic rings. The van der Waals surface area contributed by atoms with E-state index >= 15 is 0 Å². The second-order valence-electron chi connectivity index (χ2n) is 4.45. The number of carbonyl (C=O) groups excluding carboxylic acids is 1. The largest absolute Gasteiger partial charge is 0.408 e. The fourth-order valence-electron chi connectivity index (χ4n) is 2.27. The average molecular weight is 236 g/mol. The monoisotopic (exact) mass is 236 g/mol. The highest BCUT2D eigenvalue weighted by Gasteiger charge is 2.29. The lowest BCUT2D eigenvalue weighted by Crippen LogP contribution is -2.57. The first-order valence-corrected chi connectivity index (χ1v) is 5.97. The van der Waals surface area contributed by atoms with Gasteiger partial charge in [0, 0.05) is 5.69 Å². The minimum Gasteiger partial charge on any atom is -0.405 e. The molecule has 0 aromatic heterocycles. The number of carbonyl (C=O) groups is 1. The molecule has 0 radical (unpaired) electrons. The van der Waals surface area contributed by atoms with Crippen molar-refractivity contribution in [2.45, 2.75) is 6.92 Å². The number of aryl methyl sites for hydroxylation is 1. The standard InChI is InChI=1S/C14H13BN2O/c1-10-6-2-4-8-12(10)15-16-13-9-5-3-7-11(13)14(18)17-15/h2-9,16H,1H3,(H,17,18). The number of anilines is 1. The van der Waals surface area contributed by atoms with E-state index < -0.39 is 0 Å². The molecule has 4 heteroatoms. The molecule has 1 aliphatic heterocycles. The van der Waals surface area contributed by atoms with Crippen LogP contribution in [0.25, 0.3) is 0 Å². The van der Waals surface area contributed by atoms with Crippen molar-refractivity contribution >= 4 is 24.0 Å². The van der Waals surface area contributed by atoms with E-state index in [1.54, 1.807) is 0 Å². The summed E-state index contributed by atoms with van der Waals surface area (Å²) in [5, 5.41) is 6.33. The summed E-state index contributed by atoms with van der Waals surface area (Å²) < 4.78 is 0. The third kappa shape index (κ3) is 1.76. The van der Waals surface area contributed by atoms with Gasteiger partial charge in [-0.05, 0) is 24.5 Å². The molecule has 0 atom stereocenters. The minimum absolute atomic E-state index is 0.0300. The summed E-state index contributed by atoms with van der Waals surface area (Å²) in [6.45, 7) is 1.89. The van der Waals surface area contributed by atoms with Gasteiger partial charge in [-0.1, -0.05) is 42.0 Å². The van der Waals surface area contributed by atoms with Gasteiger partial charge in [0.15, 0.2) is 0 Å². The maximum absolute atomic E-state index is 12.0. The molecule has 0 aliphatic carbocycles. The maximum Gasteiger partial charge on any atom is 0.408 e. The Labute approximate surface area is 106 Å². The Hall–Kier alpha value is -2.23. The number of amides is 1. The van der Waals surface area contributed by atoms with Crippen molar-refractivity contribution in [3.63, 3.8) is 0 Å². The molecule has 0 saturated carbocycles. The van der Waals surface area contributed by atoms with Crippen molar-refractivity contribution in [2.24, 2.45) is 0 Å². The van der Waals surface area contributed by atoms with Gasteiger partial charge in [-0.2, -0.15) is 0 Å². The topological polar surface area (TPSA) is 41.1 Å². The van der Waals surface area contributed by atoms with Crippen LogP contribution in [-0.2, 0) is 0 Å². The molecule has 0 spiro atoms. The second kappa shape index (κ2) is 4.22. The van der Waals surface area contributed by atoms with Crippen LogP contribution >= 0.6 is 0 Å². The van der Waals surface area contributed by atoms with Gasteiger partial charge in [0.25, 0.3) is 0 Å². The highest BCUT2D eigenvalue weighted by atomic mass is 16.1. The molecule has 18 heavy (non-hydrogen) atoms. The predicted molar refractivity (Wildman–Crippen MR) is 74.1 cm³/mol. The molecule has 3 rings (SSSR count). The molecule has 88 valence electrons. The van der Waals surface area contributed by atoms with Gasteiger partial charge in [-0.25, -0.2) is 0 Å². The Morgan fingerprint density at radius 2 is 1.67 bits per heavy atom. The molecule has 2 aromatic carbocycles. The smallest absolute Gasteiger partial charge is 0.405 e. The SMILES string of the molecule is Cc1ccccc1B1NC(=O)c2ccccc2N1. The van der Waals surface area contributed by atoms with Gasteiger partial charge in [0.2, 0.25) is 5.91 Å². The van der Waals surface area contributed by atoms with Crippen LogP contribution in [0.5, 0.6) is 0 Å². The van der Waals surface area contributed by atoms with E-state index in [1.165, 1.54) is 0 Å². The van der Waals surface area contributed by atoms with E-state index in [0.717, 1.165) is 16.7 Å². The Kier molecular flexibility index (Phi) is 2.56. The van der Waals surface area contributed by atoms with Crippen LogP contribution in [0.3, 0.4) is 0 Å². The second-order valence-corrected chi connectivity index (χ2v) is 4.45. The fourth-order valence-corrected chi connectivity index (χ4v) is 2.27. The van der Waals surface area contributed by atoms with Gasteiger partial charge in [-0.3, -0.25) is 4.79 Å². The number of nitrogens with one attached hydrogen (secondary N) is 2. The zero-order valence-corrected chi connectivity index (χ0v) is 10.1. The van der Waals surface area contributed by atoms with Gasteiger partial charge in [0.05, 0.1) is 5.56 Å². The zero-order valence-electron chi connectivity index (χ0n) is 10.1. The summed E-state index contributed by atoms with van der Waals surface area (Å²) in [4.78, 5) is 12.0. The third-order valence-corrected chi connectivity index (χ3v) is 3.25. The van der Waals surface area contributed by atoms with E-state index in [9.17, 15) is 4.79 Å². The number of benzene rings is 2. The molecule has 2 N–H and O–H groups in total. The van der Waals surface area contributed by atoms with E-state index in [-0.39, 0.29) is 12.9 Å². The van der Waals surface area contributed by atoms with Crippen LogP contribution in [0.15, 0.2) is 48.5 Å². The Morgan fingerprint density at radius 3 is 2.50 bits per heavy atom. The molecule has 0 fully saturated rings. The molecule has 1 amide bonds. The Bertz CT molecular complexity index is 612. The number of fused-ring (bicyclic) bond motifs is 1. The van der Waals surface area contributed by atoms with Crippen molar-refractivity contribution in [1.29, 1.82) is 0 Å². The van der Waals surface area contributed by atoms with E-state index in [4.69, 9.17) is 0 Å². The van der Waals surface area contributed by atoms with E-state index in [0.29, 0.717) is 5.56 Å². The molecule has 3 nitrogen and oxygen atoms in total. The average Bonchev–Trinajstić information content (AvgIpc) is 2.39. The highest BCUT2D eigenvalue weighted by molar-refractivity contribution is 6.77. The van der Waals surface area contributed by atoms with E-state index in [2.05, 4.69) is 10.5 Å². The van der Waals surface area contributed by atoms with Crippen molar-refractivity contribution in [3.05, 3.63) is 59.7 Å². The molecule has 0 bridgehead atoms. The van der Waals surface area contributed by atoms with Crippen molar-refractivity contribution < 1.29 is 4.79 Å². The third-order valence-electron chi connectivity index (χ3n) is 3.25. The highest BCUT2D eigenvalue weighted by Crippen LogP contribution is 2.18. The van der Waals surface area contributed by atoms with Gasteiger partial charge >= 0.3 is 6.98 Å². The lowest BCUT2D eigenvalue weighted by atomic mass is 9.64. The van der Waals surface area contributed by atoms with Gasteiger partial charge in [-0.15, -0.1) is 0 Å². The first kappa shape index (κ1) is 10.9. The predicted octanol–water partition coefficient (Wildman–Crippen LogP) is 1.55. The lowest BCUT2D eigenvalue weighted by Gasteiger charge is -2.25. The molecule has 1 heterocycles. The van der Waals surface area contributed by atoms with Crippen LogP contribution in [0, 0.1) is 6.92 Å². The van der Waals surface area contributed by atoms with Crippen LogP contribution in [0.2, 0.25) is 0 Å². The summed E-state index contributed by atoms with van der Waals surface area (Å²) in [5.74, 6) is -0.0300. The number of rotatable bonds is 1. The van der Waals surface area contributed by atoms with Crippen molar-refractivity contribution in [3.8, 4) is 0 Å². The Balaban J connectivity index is 2.00.